The second-order valence-corrected chi connectivity index (χ2v) is 4.75. The van der Waals surface area contributed by atoms with Crippen LogP contribution in [0.5, 0.6) is 0 Å². The van der Waals surface area contributed by atoms with Gasteiger partial charge in [0.2, 0.25) is 0 Å². The van der Waals surface area contributed by atoms with E-state index in [0.29, 0.717) is 5.92 Å². The summed E-state index contributed by atoms with van der Waals surface area (Å²) in [6.07, 6.45) is 0. The maximum absolute atomic E-state index is 10.2. The van der Waals surface area contributed by atoms with Crippen LogP contribution in [0.1, 0.15) is 30.9 Å². The Kier molecular flexibility index (Phi) is 4.69. The third kappa shape index (κ3) is 4.38. The highest BCUT2D eigenvalue weighted by atomic mass is 32.2. The molecule has 0 saturated heterocycles. The molecule has 0 atom stereocenters. The Morgan fingerprint density at radius 3 is 2.40 bits per heavy atom. The van der Waals surface area contributed by atoms with Gasteiger partial charge in [-0.1, -0.05) is 38.1 Å². The first-order valence-corrected chi connectivity index (χ1v) is 6.11. The van der Waals surface area contributed by atoms with Crippen LogP contribution in [0.15, 0.2) is 24.3 Å². The van der Waals surface area contributed by atoms with E-state index in [1.165, 1.54) is 17.3 Å². The van der Waals surface area contributed by atoms with Gasteiger partial charge in [0.05, 0.1) is 5.97 Å². The van der Waals surface area contributed by atoms with E-state index < -0.39 is 5.97 Å². The fourth-order valence-corrected chi connectivity index (χ4v) is 1.95. The molecule has 0 radical (unpaired) electrons. The van der Waals surface area contributed by atoms with Gasteiger partial charge in [0.1, 0.15) is 0 Å². The molecule has 0 saturated carbocycles. The lowest BCUT2D eigenvalue weighted by Crippen LogP contribution is -2.24. The van der Waals surface area contributed by atoms with E-state index in [-0.39, 0.29) is 5.75 Å². The highest BCUT2D eigenvalue weighted by Gasteiger charge is 1.99. The van der Waals surface area contributed by atoms with Gasteiger partial charge in [-0.25, -0.2) is 0 Å². The van der Waals surface area contributed by atoms with E-state index in [0.717, 1.165) is 11.3 Å². The zero-order valence-electron chi connectivity index (χ0n) is 9.03. The number of carbonyl (C=O) groups is 1. The summed E-state index contributed by atoms with van der Waals surface area (Å²) in [7, 11) is 0. The van der Waals surface area contributed by atoms with Gasteiger partial charge in [0.25, 0.3) is 0 Å². The Labute approximate surface area is 94.7 Å². The molecule has 0 unspecified atom stereocenters. The van der Waals surface area contributed by atoms with Crippen molar-refractivity contribution in [2.24, 2.45) is 0 Å². The molecule has 0 heterocycles. The highest BCUT2D eigenvalue weighted by molar-refractivity contribution is 7.99. The van der Waals surface area contributed by atoms with Gasteiger partial charge in [-0.05, 0) is 17.0 Å². The van der Waals surface area contributed by atoms with E-state index >= 15 is 0 Å². The van der Waals surface area contributed by atoms with E-state index in [1.54, 1.807) is 0 Å². The second kappa shape index (κ2) is 5.81. The molecule has 0 amide bonds. The standard InChI is InChI=1S/C12H16O2S/c1-9(2)11-5-3-10(4-6-11)7-15-8-12(13)14/h3-6,9H,7-8H2,1-2H3,(H,13,14)/p-1. The average Bonchev–Trinajstić information content (AvgIpc) is 2.18. The fraction of sp³-hybridized carbons (Fsp3) is 0.417. The Morgan fingerprint density at radius 2 is 1.93 bits per heavy atom. The first kappa shape index (κ1) is 12.1. The number of rotatable bonds is 5. The van der Waals surface area contributed by atoms with E-state index in [9.17, 15) is 9.90 Å². The quantitative estimate of drug-likeness (QED) is 0.764. The first-order chi connectivity index (χ1) is 7.09. The summed E-state index contributed by atoms with van der Waals surface area (Å²) in [6.45, 7) is 4.31. The summed E-state index contributed by atoms with van der Waals surface area (Å²) in [5, 5.41) is 10.2. The maximum Gasteiger partial charge on any atom is 0.0513 e. The summed E-state index contributed by atoms with van der Waals surface area (Å²) in [5.74, 6) is 0.326. The number of carboxylic acid groups (broad SMARTS) is 1. The molecule has 82 valence electrons. The van der Waals surface area contributed by atoms with Gasteiger partial charge in [0, 0.05) is 11.5 Å². The normalized spacial score (nSPS) is 10.6. The lowest BCUT2D eigenvalue weighted by atomic mass is 10.0. The molecule has 3 heteroatoms. The minimum absolute atomic E-state index is 0.0614. The van der Waals surface area contributed by atoms with Gasteiger partial charge in [-0.2, -0.15) is 11.8 Å². The van der Waals surface area contributed by atoms with E-state index in [2.05, 4.69) is 38.1 Å². The number of thioether (sulfide) groups is 1. The molecule has 0 aromatic heterocycles. The fourth-order valence-electron chi connectivity index (χ4n) is 1.25. The molecule has 0 bridgehead atoms. The first-order valence-electron chi connectivity index (χ1n) is 4.96. The third-order valence-electron chi connectivity index (χ3n) is 2.14. The van der Waals surface area contributed by atoms with Crippen LogP contribution in [-0.4, -0.2) is 11.7 Å². The molecule has 0 N–H and O–H groups in total. The smallest absolute Gasteiger partial charge is 0.0513 e. The van der Waals surface area contributed by atoms with Crippen LogP contribution < -0.4 is 5.11 Å². The Balaban J connectivity index is 2.46. The number of hydrogen-bond donors (Lipinski definition) is 0. The van der Waals surface area contributed by atoms with Crippen LogP contribution in [0.25, 0.3) is 0 Å². The SMILES string of the molecule is CC(C)c1ccc(CSCC(=O)[O-])cc1. The summed E-state index contributed by atoms with van der Waals surface area (Å²) in [4.78, 5) is 10.2. The van der Waals surface area contributed by atoms with Crippen molar-refractivity contribution < 1.29 is 9.90 Å². The topological polar surface area (TPSA) is 40.1 Å². The lowest BCUT2D eigenvalue weighted by molar-refractivity contribution is -0.301. The van der Waals surface area contributed by atoms with Crippen LogP contribution in [0, 0.1) is 0 Å². The summed E-state index contributed by atoms with van der Waals surface area (Å²) < 4.78 is 0. The van der Waals surface area contributed by atoms with E-state index in [4.69, 9.17) is 0 Å². The number of hydrogen-bond acceptors (Lipinski definition) is 3. The Bertz CT molecular complexity index is 317. The molecule has 0 aliphatic carbocycles. The minimum atomic E-state index is -1.00. The predicted octanol–water partition coefficient (Wildman–Crippen LogP) is 1.79. The van der Waals surface area contributed by atoms with Gasteiger partial charge in [0.15, 0.2) is 0 Å². The molecule has 1 rings (SSSR count). The van der Waals surface area contributed by atoms with Crippen LogP contribution in [0.2, 0.25) is 0 Å². The Hall–Kier alpha value is -0.960. The lowest BCUT2D eigenvalue weighted by Gasteiger charge is -2.07. The summed E-state index contributed by atoms with van der Waals surface area (Å²) >= 11 is 1.37. The molecule has 0 spiro atoms. The van der Waals surface area contributed by atoms with E-state index in [1.807, 2.05) is 0 Å². The molecule has 1 aromatic rings. The van der Waals surface area contributed by atoms with Gasteiger partial charge < -0.3 is 9.90 Å². The van der Waals surface area contributed by atoms with Crippen molar-refractivity contribution >= 4 is 17.7 Å². The highest BCUT2D eigenvalue weighted by Crippen LogP contribution is 2.17. The van der Waals surface area contributed by atoms with Crippen molar-refractivity contribution in [1.29, 1.82) is 0 Å². The van der Waals surface area contributed by atoms with Gasteiger partial charge >= 0.3 is 0 Å². The summed E-state index contributed by atoms with van der Waals surface area (Å²) in [5.41, 5.74) is 2.47. The molecule has 2 nitrogen and oxygen atoms in total. The van der Waals surface area contributed by atoms with Crippen molar-refractivity contribution in [3.63, 3.8) is 0 Å². The molecular formula is C12H15O2S-. The maximum atomic E-state index is 10.2. The molecular weight excluding hydrogens is 208 g/mol. The zero-order valence-corrected chi connectivity index (χ0v) is 9.84. The predicted molar refractivity (Wildman–Crippen MR) is 61.7 cm³/mol. The van der Waals surface area contributed by atoms with Crippen LogP contribution in [0.3, 0.4) is 0 Å². The largest absolute Gasteiger partial charge is 0.549 e. The number of aliphatic carboxylic acids is 1. The second-order valence-electron chi connectivity index (χ2n) is 3.76. The number of carboxylic acids is 1. The molecule has 0 fully saturated rings. The number of carbonyl (C=O) groups excluding carboxylic acids is 1. The average molecular weight is 223 g/mol. The summed E-state index contributed by atoms with van der Waals surface area (Å²) in [6, 6.07) is 8.30. The van der Waals surface area contributed by atoms with Crippen molar-refractivity contribution in [1.82, 2.24) is 0 Å². The monoisotopic (exact) mass is 223 g/mol. The van der Waals surface area contributed by atoms with Gasteiger partial charge in [-0.3, -0.25) is 0 Å². The van der Waals surface area contributed by atoms with Crippen LogP contribution >= 0.6 is 11.8 Å². The molecule has 0 aliphatic rings. The molecule has 1 aromatic carbocycles. The van der Waals surface area contributed by atoms with Crippen LogP contribution in [-0.2, 0) is 10.5 Å². The third-order valence-corrected chi connectivity index (χ3v) is 3.11. The van der Waals surface area contributed by atoms with Crippen molar-refractivity contribution in [2.75, 3.05) is 5.75 Å². The van der Waals surface area contributed by atoms with Crippen molar-refractivity contribution in [3.8, 4) is 0 Å². The Morgan fingerprint density at radius 1 is 1.33 bits per heavy atom. The van der Waals surface area contributed by atoms with Crippen molar-refractivity contribution in [3.05, 3.63) is 35.4 Å². The van der Waals surface area contributed by atoms with Gasteiger partial charge in [-0.15, -0.1) is 0 Å². The number of benzene rings is 1. The minimum Gasteiger partial charge on any atom is -0.549 e. The van der Waals surface area contributed by atoms with Crippen molar-refractivity contribution in [2.45, 2.75) is 25.5 Å². The van der Waals surface area contributed by atoms with Crippen LogP contribution in [0.4, 0.5) is 0 Å². The zero-order chi connectivity index (χ0) is 11.3. The molecule has 15 heavy (non-hydrogen) atoms. The molecule has 0 aliphatic heterocycles.